The van der Waals surface area contributed by atoms with E-state index in [0.717, 1.165) is 22.4 Å². The maximum Gasteiger partial charge on any atom is 0.322 e. The van der Waals surface area contributed by atoms with E-state index in [1.165, 1.54) is 0 Å². The predicted octanol–water partition coefficient (Wildman–Crippen LogP) is 4.78. The lowest BCUT2D eigenvalue weighted by Gasteiger charge is -2.25. The molecule has 0 bridgehead atoms. The number of anilines is 1. The first kappa shape index (κ1) is 21.2. The maximum atomic E-state index is 13.1. The van der Waals surface area contributed by atoms with E-state index in [4.69, 9.17) is 9.47 Å². The summed E-state index contributed by atoms with van der Waals surface area (Å²) in [4.78, 5) is 14.9. The number of ether oxygens (including phenoxy) is 2. The average molecular weight is 409 g/mol. The highest BCUT2D eigenvalue weighted by Gasteiger charge is 2.18. The Morgan fingerprint density at radius 3 is 2.63 bits per heavy atom. The third kappa shape index (κ3) is 5.31. The molecule has 30 heavy (non-hydrogen) atoms. The SMILES string of the molecule is COc1cccc(CN(CC(C)C)C(=O)Nc2ccc(-c3cn[nH]c3)cc2OC)c1. The van der Waals surface area contributed by atoms with Gasteiger partial charge >= 0.3 is 6.03 Å². The Hall–Kier alpha value is -3.48. The first-order valence-corrected chi connectivity index (χ1v) is 9.86. The van der Waals surface area contributed by atoms with Crippen LogP contribution < -0.4 is 14.8 Å². The van der Waals surface area contributed by atoms with Gasteiger partial charge in [0.15, 0.2) is 0 Å². The highest BCUT2D eigenvalue weighted by Crippen LogP contribution is 2.30. The highest BCUT2D eigenvalue weighted by molar-refractivity contribution is 5.91. The Labute approximate surface area is 177 Å². The van der Waals surface area contributed by atoms with Crippen LogP contribution >= 0.6 is 0 Å². The number of hydrogen-bond acceptors (Lipinski definition) is 4. The molecule has 0 saturated carbocycles. The molecule has 2 N–H and O–H groups in total. The topological polar surface area (TPSA) is 79.5 Å². The minimum Gasteiger partial charge on any atom is -0.497 e. The molecule has 1 heterocycles. The van der Waals surface area contributed by atoms with Crippen molar-refractivity contribution in [2.45, 2.75) is 20.4 Å². The molecule has 0 aliphatic heterocycles. The fourth-order valence-corrected chi connectivity index (χ4v) is 3.23. The second-order valence-corrected chi connectivity index (χ2v) is 7.46. The van der Waals surface area contributed by atoms with Crippen molar-refractivity contribution in [1.82, 2.24) is 15.1 Å². The van der Waals surface area contributed by atoms with Crippen molar-refractivity contribution in [2.24, 2.45) is 5.92 Å². The summed E-state index contributed by atoms with van der Waals surface area (Å²) in [5.74, 6) is 1.69. The minimum atomic E-state index is -0.180. The molecule has 7 heteroatoms. The molecular weight excluding hydrogens is 380 g/mol. The number of nitrogens with zero attached hydrogens (tertiary/aromatic N) is 2. The standard InChI is InChI=1S/C23H28N4O3/c1-16(2)14-27(15-17-6-5-7-20(10-17)29-3)23(28)26-21-9-8-18(11-22(21)30-4)19-12-24-25-13-19/h5-13,16H,14-15H2,1-4H3,(H,24,25)(H,26,28). The van der Waals surface area contributed by atoms with Gasteiger partial charge in [-0.25, -0.2) is 4.79 Å². The average Bonchev–Trinajstić information content (AvgIpc) is 3.28. The third-order valence-corrected chi connectivity index (χ3v) is 4.66. The van der Waals surface area contributed by atoms with Crippen molar-refractivity contribution >= 4 is 11.7 Å². The molecule has 158 valence electrons. The summed E-state index contributed by atoms with van der Waals surface area (Å²) < 4.78 is 10.8. The van der Waals surface area contributed by atoms with Crippen LogP contribution in [-0.2, 0) is 6.54 Å². The molecule has 0 saturated heterocycles. The van der Waals surface area contributed by atoms with Crippen LogP contribution in [0.5, 0.6) is 11.5 Å². The smallest absolute Gasteiger partial charge is 0.322 e. The lowest BCUT2D eigenvalue weighted by molar-refractivity contribution is 0.201. The number of carbonyl (C=O) groups excluding carboxylic acids is 1. The third-order valence-electron chi connectivity index (χ3n) is 4.66. The van der Waals surface area contributed by atoms with E-state index < -0.39 is 0 Å². The minimum absolute atomic E-state index is 0.180. The van der Waals surface area contributed by atoms with Gasteiger partial charge in [-0.05, 0) is 41.3 Å². The molecule has 0 radical (unpaired) electrons. The number of nitrogens with one attached hydrogen (secondary N) is 2. The van der Waals surface area contributed by atoms with Crippen LogP contribution in [0.15, 0.2) is 54.9 Å². The lowest BCUT2D eigenvalue weighted by Crippen LogP contribution is -2.37. The lowest BCUT2D eigenvalue weighted by atomic mass is 10.1. The number of benzene rings is 2. The summed E-state index contributed by atoms with van der Waals surface area (Å²) in [6, 6.07) is 13.2. The summed E-state index contributed by atoms with van der Waals surface area (Å²) >= 11 is 0. The normalized spacial score (nSPS) is 10.7. The molecule has 0 spiro atoms. The van der Waals surface area contributed by atoms with Crippen molar-refractivity contribution in [3.8, 4) is 22.6 Å². The van der Waals surface area contributed by atoms with Gasteiger partial charge in [-0.1, -0.05) is 32.0 Å². The van der Waals surface area contributed by atoms with E-state index in [2.05, 4.69) is 29.4 Å². The van der Waals surface area contributed by atoms with E-state index in [-0.39, 0.29) is 6.03 Å². The number of aromatic nitrogens is 2. The van der Waals surface area contributed by atoms with Gasteiger partial charge in [-0.15, -0.1) is 0 Å². The Bertz CT molecular complexity index is 970. The van der Waals surface area contributed by atoms with Gasteiger partial charge in [0, 0.05) is 24.8 Å². The Kier molecular flexibility index (Phi) is 6.95. The second kappa shape index (κ2) is 9.82. The van der Waals surface area contributed by atoms with Crippen LogP contribution in [0.3, 0.4) is 0 Å². The number of methoxy groups -OCH3 is 2. The Morgan fingerprint density at radius 2 is 1.97 bits per heavy atom. The number of rotatable bonds is 8. The van der Waals surface area contributed by atoms with Crippen LogP contribution in [0.1, 0.15) is 19.4 Å². The highest BCUT2D eigenvalue weighted by atomic mass is 16.5. The summed E-state index contributed by atoms with van der Waals surface area (Å²) in [5, 5.41) is 9.77. The molecule has 0 unspecified atom stereocenters. The van der Waals surface area contributed by atoms with Crippen molar-refractivity contribution < 1.29 is 14.3 Å². The van der Waals surface area contributed by atoms with Gasteiger partial charge in [0.05, 0.1) is 26.1 Å². The molecule has 0 aliphatic carbocycles. The number of urea groups is 1. The number of H-pyrrole nitrogens is 1. The second-order valence-electron chi connectivity index (χ2n) is 7.46. The molecule has 0 fully saturated rings. The molecular formula is C23H28N4O3. The zero-order chi connectivity index (χ0) is 21.5. The zero-order valence-corrected chi connectivity index (χ0v) is 17.8. The molecule has 7 nitrogen and oxygen atoms in total. The van der Waals surface area contributed by atoms with Crippen LogP contribution in [0, 0.1) is 5.92 Å². The zero-order valence-electron chi connectivity index (χ0n) is 17.8. The molecule has 2 amide bonds. The van der Waals surface area contributed by atoms with Gasteiger partial charge in [0.1, 0.15) is 11.5 Å². The van der Waals surface area contributed by atoms with Crippen molar-refractivity contribution in [3.63, 3.8) is 0 Å². The predicted molar refractivity (Wildman–Crippen MR) is 118 cm³/mol. The van der Waals surface area contributed by atoms with Crippen LogP contribution in [0.4, 0.5) is 10.5 Å². The molecule has 0 aliphatic rings. The quantitative estimate of drug-likeness (QED) is 0.562. The monoisotopic (exact) mass is 408 g/mol. The molecule has 3 rings (SSSR count). The first-order valence-electron chi connectivity index (χ1n) is 9.86. The number of aromatic amines is 1. The number of amides is 2. The summed E-state index contributed by atoms with van der Waals surface area (Å²) in [5.41, 5.74) is 3.53. The maximum absolute atomic E-state index is 13.1. The number of carbonyl (C=O) groups is 1. The van der Waals surface area contributed by atoms with Gasteiger partial charge < -0.3 is 19.7 Å². The molecule has 0 atom stereocenters. The molecule has 2 aromatic carbocycles. The summed E-state index contributed by atoms with van der Waals surface area (Å²) in [6.07, 6.45) is 3.55. The van der Waals surface area contributed by atoms with E-state index >= 15 is 0 Å². The van der Waals surface area contributed by atoms with Gasteiger partial charge in [0.2, 0.25) is 0 Å². The van der Waals surface area contributed by atoms with Crippen molar-refractivity contribution in [3.05, 3.63) is 60.4 Å². The Morgan fingerprint density at radius 1 is 1.13 bits per heavy atom. The fourth-order valence-electron chi connectivity index (χ4n) is 3.23. The van der Waals surface area contributed by atoms with E-state index in [1.807, 2.05) is 48.7 Å². The van der Waals surface area contributed by atoms with E-state index in [1.54, 1.807) is 25.3 Å². The number of hydrogen-bond donors (Lipinski definition) is 2. The largest absolute Gasteiger partial charge is 0.497 e. The van der Waals surface area contributed by atoms with E-state index in [0.29, 0.717) is 30.4 Å². The van der Waals surface area contributed by atoms with Gasteiger partial charge in [-0.3, -0.25) is 5.10 Å². The Balaban J connectivity index is 1.79. The summed E-state index contributed by atoms with van der Waals surface area (Å²) in [6.45, 7) is 5.29. The van der Waals surface area contributed by atoms with Gasteiger partial charge in [-0.2, -0.15) is 5.10 Å². The first-order chi connectivity index (χ1) is 14.5. The molecule has 3 aromatic rings. The molecule has 1 aromatic heterocycles. The van der Waals surface area contributed by atoms with Crippen LogP contribution in [0.2, 0.25) is 0 Å². The van der Waals surface area contributed by atoms with E-state index in [9.17, 15) is 4.79 Å². The van der Waals surface area contributed by atoms with Gasteiger partial charge in [0.25, 0.3) is 0 Å². The van der Waals surface area contributed by atoms with Crippen LogP contribution in [-0.4, -0.2) is 41.9 Å². The van der Waals surface area contributed by atoms with Crippen molar-refractivity contribution in [2.75, 3.05) is 26.1 Å². The van der Waals surface area contributed by atoms with Crippen LogP contribution in [0.25, 0.3) is 11.1 Å². The van der Waals surface area contributed by atoms with Crippen molar-refractivity contribution in [1.29, 1.82) is 0 Å². The fraction of sp³-hybridized carbons (Fsp3) is 0.304. The summed E-state index contributed by atoms with van der Waals surface area (Å²) in [7, 11) is 3.23.